The lowest BCUT2D eigenvalue weighted by atomic mass is 10.0. The summed E-state index contributed by atoms with van der Waals surface area (Å²) >= 11 is 8.41. The van der Waals surface area contributed by atoms with Crippen LogP contribution >= 0.6 is 34.7 Å². The third kappa shape index (κ3) is 5.96. The quantitative estimate of drug-likeness (QED) is 0.0678. The summed E-state index contributed by atoms with van der Waals surface area (Å²) in [5, 5.41) is 48.4. The van der Waals surface area contributed by atoms with Crippen LogP contribution in [0.1, 0.15) is 36.3 Å². The summed E-state index contributed by atoms with van der Waals surface area (Å²) in [6, 6.07) is 1.15. The van der Waals surface area contributed by atoms with Gasteiger partial charge in [0.2, 0.25) is 5.60 Å². The SMILES string of the molecule is CC(C)(O/N=C(\C(=O)N[C@@H]1C(=O)N2C(C(=O)[O-])=C(C[N+]3(C)C[C@H]4C[C@@H]3CN4C(=O)c3ccc(O)c(O)c3Cl)CS[C@H]12)c1csc(N)n1)C(=O)O. The first-order valence-corrected chi connectivity index (χ1v) is 17.5. The number of hydrogen-bond donors (Lipinski definition) is 5. The van der Waals surface area contributed by atoms with Crippen LogP contribution in [0.3, 0.4) is 0 Å². The third-order valence-electron chi connectivity index (χ3n) is 9.43. The highest BCUT2D eigenvalue weighted by Gasteiger charge is 2.57. The molecule has 3 fully saturated rings. The van der Waals surface area contributed by atoms with Gasteiger partial charge in [-0.3, -0.25) is 19.3 Å². The number of anilines is 1. The van der Waals surface area contributed by atoms with E-state index in [1.807, 2.05) is 7.05 Å². The maximum Gasteiger partial charge on any atom is 0.350 e. The number of oxime groups is 1. The van der Waals surface area contributed by atoms with Crippen molar-refractivity contribution in [2.24, 2.45) is 5.16 Å². The Morgan fingerprint density at radius 2 is 2.00 bits per heavy atom. The maximum absolute atomic E-state index is 13.4. The number of nitrogens with zero attached hydrogens (tertiary/aromatic N) is 5. The minimum absolute atomic E-state index is 0.00910. The number of hydrogen-bond acceptors (Lipinski definition) is 14. The number of nitrogens with two attached hydrogens (primary N) is 1. The number of carbonyl (C=O) groups excluding carboxylic acids is 4. The van der Waals surface area contributed by atoms with Gasteiger partial charge in [0.1, 0.15) is 29.7 Å². The van der Waals surface area contributed by atoms with E-state index in [1.54, 1.807) is 4.90 Å². The van der Waals surface area contributed by atoms with E-state index in [-0.39, 0.29) is 51.5 Å². The van der Waals surface area contributed by atoms with Crippen molar-refractivity contribution in [2.75, 3.05) is 38.2 Å². The Morgan fingerprint density at radius 3 is 2.60 bits per heavy atom. The van der Waals surface area contributed by atoms with Crippen molar-refractivity contribution >= 4 is 75.2 Å². The molecule has 0 saturated carbocycles. The Labute approximate surface area is 297 Å². The van der Waals surface area contributed by atoms with Crippen molar-refractivity contribution in [3.8, 4) is 11.5 Å². The van der Waals surface area contributed by atoms with Gasteiger partial charge in [0.15, 0.2) is 22.3 Å². The van der Waals surface area contributed by atoms with E-state index in [0.29, 0.717) is 29.6 Å². The number of likely N-dealkylation sites (N-methyl/N-ethyl adjacent to an activating group) is 1. The van der Waals surface area contributed by atoms with Crippen molar-refractivity contribution in [3.63, 3.8) is 0 Å². The molecule has 50 heavy (non-hydrogen) atoms. The monoisotopic (exact) mass is 749 g/mol. The molecule has 20 heteroatoms. The number of likely N-dealkylation sites (tertiary alicyclic amines) is 2. The summed E-state index contributed by atoms with van der Waals surface area (Å²) in [6.45, 7) is 3.57. The molecule has 2 bridgehead atoms. The molecule has 1 unspecified atom stereocenters. The van der Waals surface area contributed by atoms with Crippen LogP contribution in [0.25, 0.3) is 0 Å². The molecular weight excluding hydrogens is 718 g/mol. The molecule has 0 spiro atoms. The topological polar surface area (TPSA) is 248 Å². The Morgan fingerprint density at radius 1 is 1.28 bits per heavy atom. The first-order chi connectivity index (χ1) is 23.4. The number of thiazole rings is 1. The maximum atomic E-state index is 13.4. The van der Waals surface area contributed by atoms with Gasteiger partial charge in [0.25, 0.3) is 17.7 Å². The summed E-state index contributed by atoms with van der Waals surface area (Å²) in [5.74, 6) is -5.67. The van der Waals surface area contributed by atoms with E-state index in [2.05, 4.69) is 15.5 Å². The van der Waals surface area contributed by atoms with Crippen molar-refractivity contribution in [3.05, 3.63) is 45.1 Å². The van der Waals surface area contributed by atoms with Crippen LogP contribution in [0.15, 0.2) is 33.9 Å². The number of amides is 3. The van der Waals surface area contributed by atoms with E-state index in [9.17, 15) is 44.4 Å². The number of carboxylic acid groups (broad SMARTS) is 2. The van der Waals surface area contributed by atoms with E-state index < -0.39 is 63.9 Å². The van der Waals surface area contributed by atoms with Crippen LogP contribution in [0.2, 0.25) is 5.02 Å². The predicted octanol–water partition coefficient (Wildman–Crippen LogP) is -0.479. The number of carbonyl (C=O) groups is 5. The van der Waals surface area contributed by atoms with Gasteiger partial charge in [-0.1, -0.05) is 16.8 Å². The molecule has 5 atom stereocenters. The van der Waals surface area contributed by atoms with Gasteiger partial charge in [-0.05, 0) is 26.0 Å². The molecular formula is C30H32ClN7O10S2. The van der Waals surface area contributed by atoms with Gasteiger partial charge in [-0.15, -0.1) is 23.1 Å². The number of aromatic nitrogens is 1. The third-order valence-corrected chi connectivity index (χ3v) is 11.8. The lowest BCUT2D eigenvalue weighted by molar-refractivity contribution is -0.920. The molecule has 6 N–H and O–H groups in total. The zero-order valence-corrected chi connectivity index (χ0v) is 29.2. The molecule has 0 aliphatic carbocycles. The second kappa shape index (κ2) is 12.6. The number of nitrogens with one attached hydrogen (secondary N) is 1. The number of halogens is 1. The number of carboxylic acids is 2. The largest absolute Gasteiger partial charge is 0.543 e. The number of rotatable bonds is 10. The molecule has 2 aromatic rings. The highest BCUT2D eigenvalue weighted by molar-refractivity contribution is 8.00. The second-order valence-corrected chi connectivity index (χ2v) is 15.5. The van der Waals surface area contributed by atoms with Crippen LogP contribution < -0.4 is 16.2 Å². The number of phenolic OH excluding ortho intramolecular Hbond substituents is 2. The van der Waals surface area contributed by atoms with Crippen LogP contribution in [0, 0.1) is 0 Å². The summed E-state index contributed by atoms with van der Waals surface area (Å²) < 4.78 is 0.409. The van der Waals surface area contributed by atoms with Crippen LogP contribution in [0.4, 0.5) is 5.13 Å². The minimum Gasteiger partial charge on any atom is -0.543 e. The van der Waals surface area contributed by atoms with Gasteiger partial charge in [-0.25, -0.2) is 9.78 Å². The first-order valence-electron chi connectivity index (χ1n) is 15.2. The number of fused-ring (bicyclic) bond motifs is 3. The summed E-state index contributed by atoms with van der Waals surface area (Å²) in [4.78, 5) is 76.1. The molecule has 3 saturated heterocycles. The fourth-order valence-electron chi connectivity index (χ4n) is 6.70. The molecule has 266 valence electrons. The number of quaternary nitrogens is 1. The van der Waals surface area contributed by atoms with Gasteiger partial charge in [-0.2, -0.15) is 0 Å². The number of aromatic hydroxyl groups is 2. The van der Waals surface area contributed by atoms with Gasteiger partial charge in [0.05, 0.1) is 48.4 Å². The summed E-state index contributed by atoms with van der Waals surface area (Å²) in [7, 11) is 1.96. The number of aliphatic carboxylic acids is 2. The van der Waals surface area contributed by atoms with E-state index in [4.69, 9.17) is 22.2 Å². The average Bonchev–Trinajstić information content (AvgIpc) is 3.76. The number of phenols is 2. The highest BCUT2D eigenvalue weighted by atomic mass is 35.5. The van der Waals surface area contributed by atoms with Crippen molar-refractivity contribution in [2.45, 2.75) is 49.4 Å². The molecule has 3 amide bonds. The van der Waals surface area contributed by atoms with Crippen LogP contribution in [0.5, 0.6) is 11.5 Å². The zero-order chi connectivity index (χ0) is 36.4. The molecule has 4 aliphatic rings. The van der Waals surface area contributed by atoms with E-state index in [0.717, 1.165) is 16.2 Å². The van der Waals surface area contributed by atoms with Gasteiger partial charge < -0.3 is 50.5 Å². The molecule has 0 radical (unpaired) electrons. The number of piperazine rings is 1. The smallest absolute Gasteiger partial charge is 0.350 e. The average molecular weight is 750 g/mol. The molecule has 1 aromatic heterocycles. The Kier molecular flexibility index (Phi) is 8.90. The summed E-state index contributed by atoms with van der Waals surface area (Å²) in [5.41, 5.74) is 3.76. The zero-order valence-electron chi connectivity index (χ0n) is 26.8. The molecule has 17 nitrogen and oxygen atoms in total. The Balaban J connectivity index is 1.16. The van der Waals surface area contributed by atoms with E-state index >= 15 is 0 Å². The van der Waals surface area contributed by atoms with Crippen molar-refractivity contribution in [1.82, 2.24) is 20.1 Å². The predicted molar refractivity (Wildman–Crippen MR) is 177 cm³/mol. The highest BCUT2D eigenvalue weighted by Crippen LogP contribution is 2.44. The summed E-state index contributed by atoms with van der Waals surface area (Å²) in [6.07, 6.45) is 0.645. The van der Waals surface area contributed by atoms with Crippen LogP contribution in [-0.4, -0.2) is 131 Å². The lowest BCUT2D eigenvalue weighted by Crippen LogP contribution is -2.72. The fourth-order valence-corrected chi connectivity index (χ4v) is 8.83. The Bertz CT molecular complexity index is 1900. The minimum atomic E-state index is -1.80. The number of benzene rings is 1. The first kappa shape index (κ1) is 35.2. The number of nitrogen functional groups attached to an aromatic ring is 1. The van der Waals surface area contributed by atoms with Crippen molar-refractivity contribution in [1.29, 1.82) is 0 Å². The molecule has 5 heterocycles. The molecule has 4 aliphatic heterocycles. The normalized spacial score (nSPS) is 26.1. The fraction of sp³-hybridized carbons (Fsp3) is 0.433. The van der Waals surface area contributed by atoms with Crippen LogP contribution in [-0.2, 0) is 24.0 Å². The second-order valence-electron chi connectivity index (χ2n) is 13.1. The lowest BCUT2D eigenvalue weighted by Gasteiger charge is -2.51. The standard InChI is InChI=1S/C30H32ClN7O10S2/c1-30(2,28(46)47)48-35-19(16-11-50-29(32)33-16)23(41)34-20-25(43)37-21(27(44)45)12(10-49-26(20)37)8-38(3)9-13-6-14(38)7-36(13)24(42)15-4-5-17(39)22(40)18(15)31/h4-5,11,13-14,20,26H,6-10H2,1-3H3,(H6-,32,33,34,35,39,40,41,42,44,45,46,47)/t13-,14-,20-,26-,38?/m1/s1. The van der Waals surface area contributed by atoms with E-state index in [1.165, 1.54) is 43.1 Å². The van der Waals surface area contributed by atoms with Gasteiger partial charge in [0, 0.05) is 23.1 Å². The number of thioether (sulfide) groups is 1. The number of β-lactam (4-membered cyclic amide) rings is 1. The Hall–Kier alpha value is -4.59. The van der Waals surface area contributed by atoms with Gasteiger partial charge >= 0.3 is 5.97 Å². The van der Waals surface area contributed by atoms with Crippen molar-refractivity contribution < 1.29 is 53.7 Å². The molecule has 1 aromatic carbocycles. The molecule has 6 rings (SSSR count).